The Hall–Kier alpha value is -2.11. The molecular formula is C16H21N3O3. The van der Waals surface area contributed by atoms with Gasteiger partial charge in [-0.15, -0.1) is 0 Å². The number of nitro benzene ring substituents is 1. The molecule has 2 atom stereocenters. The van der Waals surface area contributed by atoms with Gasteiger partial charge in [0.15, 0.2) is 0 Å². The average Bonchev–Trinajstić information content (AvgIpc) is 2.52. The Labute approximate surface area is 129 Å². The van der Waals surface area contributed by atoms with Gasteiger partial charge in [0.25, 0.3) is 5.69 Å². The molecule has 1 aromatic carbocycles. The van der Waals surface area contributed by atoms with Crippen molar-refractivity contribution in [3.8, 4) is 0 Å². The molecule has 1 amide bonds. The molecule has 2 heterocycles. The molecule has 2 aliphatic rings. The zero-order valence-electron chi connectivity index (χ0n) is 13.0. The number of piperidine rings is 1. The summed E-state index contributed by atoms with van der Waals surface area (Å²) in [7, 11) is 3.55. The summed E-state index contributed by atoms with van der Waals surface area (Å²) in [5, 5.41) is 11.0. The third-order valence-electron chi connectivity index (χ3n) is 4.79. The van der Waals surface area contributed by atoms with Gasteiger partial charge >= 0.3 is 0 Å². The maximum absolute atomic E-state index is 12.5. The first kappa shape index (κ1) is 14.8. The van der Waals surface area contributed by atoms with Crippen LogP contribution in [0.15, 0.2) is 18.2 Å². The number of hydrogen-bond donors (Lipinski definition) is 0. The fraction of sp³-hybridized carbons (Fsp3) is 0.562. The van der Waals surface area contributed by atoms with Crippen LogP contribution >= 0.6 is 0 Å². The van der Waals surface area contributed by atoms with E-state index in [0.717, 1.165) is 37.1 Å². The second-order valence-corrected chi connectivity index (χ2v) is 6.37. The van der Waals surface area contributed by atoms with Crippen molar-refractivity contribution in [1.29, 1.82) is 0 Å². The molecule has 118 valence electrons. The number of carbonyl (C=O) groups excluding carboxylic acids is 1. The van der Waals surface area contributed by atoms with Gasteiger partial charge in [0.2, 0.25) is 5.91 Å². The van der Waals surface area contributed by atoms with Gasteiger partial charge in [-0.2, -0.15) is 0 Å². The first-order valence-corrected chi connectivity index (χ1v) is 7.74. The molecule has 3 rings (SSSR count). The van der Waals surface area contributed by atoms with Crippen molar-refractivity contribution in [1.82, 2.24) is 4.90 Å². The number of hydrogen-bond acceptors (Lipinski definition) is 4. The first-order valence-electron chi connectivity index (χ1n) is 7.74. The number of amides is 1. The Balaban J connectivity index is 2.02. The summed E-state index contributed by atoms with van der Waals surface area (Å²) in [5.41, 5.74) is 2.09. The van der Waals surface area contributed by atoms with E-state index in [1.807, 2.05) is 6.07 Å². The third kappa shape index (κ3) is 2.42. The Morgan fingerprint density at radius 2 is 2.14 bits per heavy atom. The second kappa shape index (κ2) is 5.59. The van der Waals surface area contributed by atoms with Crippen LogP contribution in [0.25, 0.3) is 0 Å². The number of nitrogens with zero attached hydrogens (tertiary/aromatic N) is 3. The molecule has 0 radical (unpaired) electrons. The zero-order chi connectivity index (χ0) is 15.9. The molecule has 0 N–H and O–H groups in total. The minimum Gasteiger partial charge on any atom is -0.368 e. The van der Waals surface area contributed by atoms with Crippen LogP contribution in [0.1, 0.15) is 24.8 Å². The average molecular weight is 303 g/mol. The van der Waals surface area contributed by atoms with Crippen LogP contribution in [0, 0.1) is 16.0 Å². The molecule has 0 unspecified atom stereocenters. The molecule has 22 heavy (non-hydrogen) atoms. The summed E-state index contributed by atoms with van der Waals surface area (Å²) < 4.78 is 0. The molecule has 1 fully saturated rings. The number of rotatable bonds is 2. The second-order valence-electron chi connectivity index (χ2n) is 6.37. The molecule has 0 spiro atoms. The van der Waals surface area contributed by atoms with Crippen molar-refractivity contribution >= 4 is 17.3 Å². The summed E-state index contributed by atoms with van der Waals surface area (Å²) in [6.45, 7) is 0.923. The number of nitro groups is 1. The van der Waals surface area contributed by atoms with E-state index in [0.29, 0.717) is 6.42 Å². The Bertz CT molecular complexity index is 615. The molecule has 0 aliphatic carbocycles. The Morgan fingerprint density at radius 1 is 1.36 bits per heavy atom. The van der Waals surface area contributed by atoms with Crippen molar-refractivity contribution in [2.75, 3.05) is 25.5 Å². The number of non-ortho nitro benzene ring substituents is 1. The van der Waals surface area contributed by atoms with Gasteiger partial charge in [-0.25, -0.2) is 0 Å². The molecule has 0 saturated carbocycles. The fourth-order valence-electron chi connectivity index (χ4n) is 3.76. The van der Waals surface area contributed by atoms with Crippen LogP contribution in [0.4, 0.5) is 11.4 Å². The van der Waals surface area contributed by atoms with Crippen molar-refractivity contribution in [3.63, 3.8) is 0 Å². The lowest BCUT2D eigenvalue weighted by Gasteiger charge is -2.46. The van der Waals surface area contributed by atoms with Gasteiger partial charge in [0, 0.05) is 44.5 Å². The van der Waals surface area contributed by atoms with Crippen LogP contribution in [0.3, 0.4) is 0 Å². The topological polar surface area (TPSA) is 66.7 Å². The van der Waals surface area contributed by atoms with E-state index in [-0.39, 0.29) is 28.5 Å². The van der Waals surface area contributed by atoms with Crippen molar-refractivity contribution in [3.05, 3.63) is 33.9 Å². The maximum Gasteiger partial charge on any atom is 0.269 e. The van der Waals surface area contributed by atoms with E-state index in [4.69, 9.17) is 0 Å². The number of carbonyl (C=O) groups is 1. The summed E-state index contributed by atoms with van der Waals surface area (Å²) in [5.74, 6) is 0.0128. The van der Waals surface area contributed by atoms with Gasteiger partial charge < -0.3 is 9.80 Å². The predicted molar refractivity (Wildman–Crippen MR) is 84.0 cm³/mol. The van der Waals surface area contributed by atoms with Crippen molar-refractivity contribution < 1.29 is 9.72 Å². The largest absolute Gasteiger partial charge is 0.368 e. The van der Waals surface area contributed by atoms with Crippen LogP contribution in [0.5, 0.6) is 0 Å². The lowest BCUT2D eigenvalue weighted by molar-refractivity contribution is -0.384. The predicted octanol–water partition coefficient (Wildman–Crippen LogP) is 2.21. The Kier molecular flexibility index (Phi) is 3.76. The van der Waals surface area contributed by atoms with E-state index in [1.54, 1.807) is 31.1 Å². The molecule has 0 bridgehead atoms. The van der Waals surface area contributed by atoms with E-state index < -0.39 is 0 Å². The number of benzene rings is 1. The molecule has 1 aromatic rings. The molecular weight excluding hydrogens is 282 g/mol. The zero-order valence-corrected chi connectivity index (χ0v) is 13.0. The molecule has 6 heteroatoms. The van der Waals surface area contributed by atoms with Crippen molar-refractivity contribution in [2.45, 2.75) is 31.7 Å². The highest BCUT2D eigenvalue weighted by Crippen LogP contribution is 2.40. The summed E-state index contributed by atoms with van der Waals surface area (Å²) >= 11 is 0. The minimum absolute atomic E-state index is 0.102. The van der Waals surface area contributed by atoms with E-state index in [2.05, 4.69) is 4.90 Å². The normalized spacial score (nSPS) is 23.5. The van der Waals surface area contributed by atoms with Gasteiger partial charge in [-0.3, -0.25) is 14.9 Å². The van der Waals surface area contributed by atoms with Crippen LogP contribution < -0.4 is 4.90 Å². The van der Waals surface area contributed by atoms with Crippen LogP contribution in [-0.4, -0.2) is 42.4 Å². The van der Waals surface area contributed by atoms with E-state index in [9.17, 15) is 14.9 Å². The monoisotopic (exact) mass is 303 g/mol. The lowest BCUT2D eigenvalue weighted by atomic mass is 9.80. The summed E-state index contributed by atoms with van der Waals surface area (Å²) in [6, 6.07) is 5.27. The van der Waals surface area contributed by atoms with Gasteiger partial charge in [0.1, 0.15) is 0 Å². The standard InChI is InChI=1S/C16H21N3O3/c1-17(2)16(20)13-10-11-9-12(19(21)22)6-7-14(11)18-8-4-3-5-15(13)18/h6-7,9,13,15H,3-5,8,10H2,1-2H3/t13-,15-/m0/s1. The fourth-order valence-corrected chi connectivity index (χ4v) is 3.76. The maximum atomic E-state index is 12.5. The van der Waals surface area contributed by atoms with Gasteiger partial charge in [0.05, 0.1) is 10.8 Å². The van der Waals surface area contributed by atoms with Crippen LogP contribution in [-0.2, 0) is 11.2 Å². The van der Waals surface area contributed by atoms with E-state index in [1.165, 1.54) is 0 Å². The Morgan fingerprint density at radius 3 is 2.82 bits per heavy atom. The molecule has 2 aliphatic heterocycles. The first-order chi connectivity index (χ1) is 10.5. The van der Waals surface area contributed by atoms with E-state index >= 15 is 0 Å². The highest BCUT2D eigenvalue weighted by Gasteiger charge is 2.40. The highest BCUT2D eigenvalue weighted by atomic mass is 16.6. The number of fused-ring (bicyclic) bond motifs is 3. The lowest BCUT2D eigenvalue weighted by Crippen LogP contribution is -2.52. The summed E-state index contributed by atoms with van der Waals surface area (Å²) in [4.78, 5) is 27.1. The van der Waals surface area contributed by atoms with Crippen molar-refractivity contribution in [2.24, 2.45) is 5.92 Å². The smallest absolute Gasteiger partial charge is 0.269 e. The van der Waals surface area contributed by atoms with Gasteiger partial charge in [-0.1, -0.05) is 0 Å². The number of anilines is 1. The van der Waals surface area contributed by atoms with Gasteiger partial charge in [-0.05, 0) is 37.3 Å². The minimum atomic E-state index is -0.370. The SMILES string of the molecule is CN(C)C(=O)[C@H]1Cc2cc([N+](=O)[O-])ccc2N2CCCC[C@@H]12. The van der Waals surface area contributed by atoms with Crippen LogP contribution in [0.2, 0.25) is 0 Å². The quantitative estimate of drug-likeness (QED) is 0.620. The summed E-state index contributed by atoms with van der Waals surface area (Å²) in [6.07, 6.45) is 3.85. The molecule has 0 aromatic heterocycles. The molecule has 1 saturated heterocycles. The molecule has 6 nitrogen and oxygen atoms in total. The third-order valence-corrected chi connectivity index (χ3v) is 4.79. The highest BCUT2D eigenvalue weighted by molar-refractivity contribution is 5.82.